The molecule has 4 aliphatic rings. The number of amides is 3. The Morgan fingerprint density at radius 2 is 1.56 bits per heavy atom. The van der Waals surface area contributed by atoms with Crippen LogP contribution in [0, 0.1) is 5.92 Å². The van der Waals surface area contributed by atoms with Crippen molar-refractivity contribution in [2.45, 2.75) is 82.1 Å². The predicted molar refractivity (Wildman–Crippen MR) is 167 cm³/mol. The summed E-state index contributed by atoms with van der Waals surface area (Å²) in [5.74, 6) is -2.14. The van der Waals surface area contributed by atoms with Gasteiger partial charge in [0.15, 0.2) is 0 Å². The van der Waals surface area contributed by atoms with E-state index in [2.05, 4.69) is 4.90 Å². The number of aliphatic carboxylic acids is 1. The van der Waals surface area contributed by atoms with Crippen LogP contribution in [0.5, 0.6) is 0 Å². The van der Waals surface area contributed by atoms with E-state index < -0.39 is 36.2 Å². The summed E-state index contributed by atoms with van der Waals surface area (Å²) in [5.41, 5.74) is 1.92. The third-order valence-electron chi connectivity index (χ3n) is 10.2. The van der Waals surface area contributed by atoms with E-state index in [4.69, 9.17) is 4.74 Å². The van der Waals surface area contributed by atoms with Crippen molar-refractivity contribution in [3.8, 4) is 0 Å². The fourth-order valence-electron chi connectivity index (χ4n) is 7.71. The predicted octanol–water partition coefficient (Wildman–Crippen LogP) is 4.31. The number of rotatable bonds is 11. The summed E-state index contributed by atoms with van der Waals surface area (Å²) >= 11 is 0. The van der Waals surface area contributed by atoms with Crippen molar-refractivity contribution in [1.29, 1.82) is 0 Å². The molecule has 45 heavy (non-hydrogen) atoms. The average molecular weight is 617 g/mol. The van der Waals surface area contributed by atoms with Crippen LogP contribution in [0.2, 0.25) is 0 Å². The summed E-state index contributed by atoms with van der Waals surface area (Å²) in [6.45, 7) is 3.07. The number of likely N-dealkylation sites (tertiary alicyclic amines) is 1. The van der Waals surface area contributed by atoms with E-state index in [0.717, 1.165) is 24.2 Å². The van der Waals surface area contributed by atoms with Crippen molar-refractivity contribution < 1.29 is 29.0 Å². The summed E-state index contributed by atoms with van der Waals surface area (Å²) in [5, 5.41) is 10.4. The monoisotopic (exact) mass is 616 g/mol. The molecule has 3 amide bonds. The second-order valence-electron chi connectivity index (χ2n) is 12.8. The summed E-state index contributed by atoms with van der Waals surface area (Å²) in [6, 6.07) is 18.2. The Balaban J connectivity index is 1.16. The van der Waals surface area contributed by atoms with Crippen LogP contribution in [-0.4, -0.2) is 99.6 Å². The minimum atomic E-state index is -1.23. The maximum atomic E-state index is 13.8. The van der Waals surface area contributed by atoms with E-state index in [1.807, 2.05) is 65.6 Å². The number of carboxylic acids is 1. The minimum absolute atomic E-state index is 0.0104. The fraction of sp³-hybridized carbons (Fsp3) is 0.543. The van der Waals surface area contributed by atoms with E-state index in [9.17, 15) is 24.3 Å². The van der Waals surface area contributed by atoms with E-state index in [1.54, 1.807) is 4.90 Å². The van der Waals surface area contributed by atoms with Crippen LogP contribution in [0.4, 0.5) is 4.79 Å². The zero-order valence-corrected chi connectivity index (χ0v) is 25.8. The molecule has 240 valence electrons. The molecule has 1 saturated carbocycles. The lowest BCUT2D eigenvalue weighted by molar-refractivity contribution is -0.183. The number of nitrogens with zero attached hydrogens (tertiary/aromatic N) is 4. The number of carboxylic acid groups (broad SMARTS) is 1. The van der Waals surface area contributed by atoms with Gasteiger partial charge in [-0.25, -0.2) is 9.59 Å². The lowest BCUT2D eigenvalue weighted by Gasteiger charge is -2.53. The molecule has 0 radical (unpaired) electrons. The number of β-lactam (4-membered cyclic amide) rings is 1. The molecule has 0 aromatic heterocycles. The smallest absolute Gasteiger partial charge is 0.412 e. The number of carbonyl (C=O) groups is 4. The highest BCUT2D eigenvalue weighted by molar-refractivity contribution is 5.92. The lowest BCUT2D eigenvalue weighted by atomic mass is 9.83. The van der Waals surface area contributed by atoms with Gasteiger partial charge >= 0.3 is 12.1 Å². The van der Waals surface area contributed by atoms with E-state index in [1.165, 1.54) is 37.0 Å². The lowest BCUT2D eigenvalue weighted by Crippen LogP contribution is -2.72. The Kier molecular flexibility index (Phi) is 9.68. The maximum Gasteiger partial charge on any atom is 0.412 e. The molecule has 1 aliphatic carbocycles. The molecule has 6 rings (SSSR count). The Morgan fingerprint density at radius 1 is 0.889 bits per heavy atom. The number of cyclic esters (lactones) is 1. The Bertz CT molecular complexity index is 1340. The van der Waals surface area contributed by atoms with Crippen molar-refractivity contribution in [2.75, 3.05) is 32.8 Å². The van der Waals surface area contributed by atoms with Gasteiger partial charge in [-0.2, -0.15) is 0 Å². The van der Waals surface area contributed by atoms with Crippen LogP contribution < -0.4 is 0 Å². The molecule has 4 fully saturated rings. The highest BCUT2D eigenvalue weighted by Crippen LogP contribution is 2.42. The average Bonchev–Trinajstić information content (AvgIpc) is 3.46. The zero-order valence-electron chi connectivity index (χ0n) is 25.8. The third-order valence-corrected chi connectivity index (χ3v) is 10.2. The van der Waals surface area contributed by atoms with Crippen molar-refractivity contribution >= 4 is 23.9 Å². The Labute approximate surface area is 264 Å². The van der Waals surface area contributed by atoms with Crippen LogP contribution in [0.25, 0.3) is 0 Å². The number of aryl methyl sites for hydroxylation is 1. The number of hydrogen-bond acceptors (Lipinski definition) is 6. The Hall–Kier alpha value is -3.92. The summed E-state index contributed by atoms with van der Waals surface area (Å²) in [4.78, 5) is 60.2. The second kappa shape index (κ2) is 14.0. The largest absolute Gasteiger partial charge is 0.480 e. The Morgan fingerprint density at radius 3 is 2.22 bits per heavy atom. The van der Waals surface area contributed by atoms with E-state index in [-0.39, 0.29) is 31.3 Å². The van der Waals surface area contributed by atoms with Gasteiger partial charge in [-0.15, -0.1) is 0 Å². The minimum Gasteiger partial charge on any atom is -0.480 e. The normalized spacial score (nSPS) is 25.2. The fourth-order valence-corrected chi connectivity index (χ4v) is 7.71. The molecule has 0 unspecified atom stereocenters. The molecule has 1 N–H and O–H groups in total. The van der Waals surface area contributed by atoms with Crippen molar-refractivity contribution in [1.82, 2.24) is 19.6 Å². The molecule has 0 bridgehead atoms. The quantitative estimate of drug-likeness (QED) is 0.375. The number of carbonyl (C=O) groups excluding carboxylic acids is 3. The van der Waals surface area contributed by atoms with Crippen LogP contribution in [0.15, 0.2) is 60.7 Å². The summed E-state index contributed by atoms with van der Waals surface area (Å²) < 4.78 is 5.49. The molecule has 0 spiro atoms. The molecular weight excluding hydrogens is 572 g/mol. The molecular formula is C35H44N4O6. The molecule has 10 nitrogen and oxygen atoms in total. The SMILES string of the molecule is O=C(O)[C@H](CCC(=O)N1CCN(C2CCCCC2)CC1)N1C(=O)[C@@H](CCc2ccccc2)[C@H]1N1C(=O)OC[C@@H]1c1ccccc1. The third kappa shape index (κ3) is 6.71. The van der Waals surface area contributed by atoms with Crippen LogP contribution in [0.3, 0.4) is 0 Å². The van der Waals surface area contributed by atoms with E-state index >= 15 is 0 Å². The molecule has 10 heteroatoms. The second-order valence-corrected chi connectivity index (χ2v) is 12.8. The standard InChI is InChI=1S/C35H44N4O6/c40-31(37-22-20-36(21-23-37)27-14-8-3-9-15-27)19-18-29(34(42)43)38-32(28(33(38)41)17-16-25-10-4-1-5-11-25)39-30(24-45-35(39)44)26-12-6-2-7-13-26/h1-2,4-7,10-13,27-30,32H,3,8-9,14-24H2,(H,42,43)/t28-,29-,30+,32+/m0/s1. The highest BCUT2D eigenvalue weighted by Gasteiger charge is 2.58. The highest BCUT2D eigenvalue weighted by atomic mass is 16.6. The van der Waals surface area contributed by atoms with Crippen molar-refractivity contribution in [3.05, 3.63) is 71.8 Å². The van der Waals surface area contributed by atoms with Gasteiger partial charge in [0.05, 0.1) is 12.0 Å². The van der Waals surface area contributed by atoms with Gasteiger partial charge in [-0.1, -0.05) is 79.9 Å². The topological polar surface area (TPSA) is 111 Å². The van der Waals surface area contributed by atoms with Gasteiger partial charge < -0.3 is 19.6 Å². The first-order valence-electron chi connectivity index (χ1n) is 16.5. The van der Waals surface area contributed by atoms with Gasteiger partial charge in [0, 0.05) is 38.6 Å². The zero-order chi connectivity index (χ0) is 31.3. The summed E-state index contributed by atoms with van der Waals surface area (Å²) in [6.07, 6.45) is 6.04. The molecule has 2 aromatic carbocycles. The van der Waals surface area contributed by atoms with Gasteiger partial charge in [0.1, 0.15) is 18.8 Å². The molecule has 2 aromatic rings. The van der Waals surface area contributed by atoms with Crippen molar-refractivity contribution in [2.24, 2.45) is 5.92 Å². The molecule has 3 heterocycles. The first-order valence-corrected chi connectivity index (χ1v) is 16.5. The van der Waals surface area contributed by atoms with Crippen molar-refractivity contribution in [3.63, 3.8) is 0 Å². The molecule has 3 saturated heterocycles. The van der Waals surface area contributed by atoms with Gasteiger partial charge in [0.2, 0.25) is 11.8 Å². The first kappa shape index (κ1) is 31.1. The maximum absolute atomic E-state index is 13.8. The van der Waals surface area contributed by atoms with E-state index in [0.29, 0.717) is 32.0 Å². The van der Waals surface area contributed by atoms with Crippen LogP contribution >= 0.6 is 0 Å². The summed E-state index contributed by atoms with van der Waals surface area (Å²) in [7, 11) is 0. The van der Waals surface area contributed by atoms with Gasteiger partial charge in [-0.3, -0.25) is 19.4 Å². The number of ether oxygens (including phenoxy) is 1. The number of piperazine rings is 1. The number of hydrogen-bond donors (Lipinski definition) is 1. The molecule has 3 aliphatic heterocycles. The first-order chi connectivity index (χ1) is 21.9. The molecule has 4 atom stereocenters. The van der Waals surface area contributed by atoms with Gasteiger partial charge in [0.25, 0.3) is 0 Å². The number of benzene rings is 2. The van der Waals surface area contributed by atoms with Crippen LogP contribution in [-0.2, 0) is 25.5 Å². The van der Waals surface area contributed by atoms with Gasteiger partial charge in [-0.05, 0) is 43.2 Å². The van der Waals surface area contributed by atoms with Crippen LogP contribution in [0.1, 0.15) is 68.5 Å².